The van der Waals surface area contributed by atoms with Gasteiger partial charge in [0.05, 0.1) is 24.1 Å². The topological polar surface area (TPSA) is 72.5 Å². The van der Waals surface area contributed by atoms with Crippen LogP contribution in [0, 0.1) is 6.92 Å². The first-order valence-corrected chi connectivity index (χ1v) is 14.9. The van der Waals surface area contributed by atoms with Crippen molar-refractivity contribution in [1.82, 2.24) is 24.1 Å². The molecule has 0 aliphatic carbocycles. The number of pyridine rings is 1. The summed E-state index contributed by atoms with van der Waals surface area (Å²) in [4.78, 5) is 31.7. The van der Waals surface area contributed by atoms with E-state index in [1.54, 1.807) is 24.5 Å². The van der Waals surface area contributed by atoms with E-state index in [1.807, 2.05) is 39.1 Å². The molecule has 5 heterocycles. The molecule has 0 unspecified atom stereocenters. The molecule has 4 aromatic heterocycles. The zero-order valence-corrected chi connectivity index (χ0v) is 25.5. The standard InChI is InChI=1S/C17H15N3O2S.C16H22N2/c1-11(21)13-10-23-15-9-19(7-5-12(13)15)17(22)14-8-18-16-4-2-3-6-20(14)16;1-6-13-11-15(16(3,4)5)17-18(13)14-9-7-12(2)8-10-14/h2-4,6,8,10H,5,7,9H2,1H3;7-11H,6H2,1-5H3. The molecule has 0 bridgehead atoms. The molecule has 1 aliphatic heterocycles. The third kappa shape index (κ3) is 5.88. The van der Waals surface area contributed by atoms with Crippen molar-refractivity contribution in [2.75, 3.05) is 6.54 Å². The molecule has 1 amide bonds. The number of carbonyl (C=O) groups excluding carboxylic acids is 2. The van der Waals surface area contributed by atoms with Crippen molar-refractivity contribution in [2.24, 2.45) is 0 Å². The Balaban J connectivity index is 0.000000170. The van der Waals surface area contributed by atoms with Gasteiger partial charge in [-0.3, -0.25) is 14.0 Å². The van der Waals surface area contributed by atoms with Crippen molar-refractivity contribution in [3.63, 3.8) is 0 Å². The molecule has 1 aliphatic rings. The second kappa shape index (κ2) is 11.4. The lowest BCUT2D eigenvalue weighted by Crippen LogP contribution is -2.36. The van der Waals surface area contributed by atoms with E-state index in [-0.39, 0.29) is 17.1 Å². The van der Waals surface area contributed by atoms with Gasteiger partial charge in [-0.25, -0.2) is 9.67 Å². The van der Waals surface area contributed by atoms with E-state index in [9.17, 15) is 9.59 Å². The molecule has 0 radical (unpaired) electrons. The normalized spacial score (nSPS) is 13.1. The van der Waals surface area contributed by atoms with Crippen molar-refractivity contribution in [2.45, 2.75) is 66.3 Å². The van der Waals surface area contributed by atoms with Crippen LogP contribution in [0.1, 0.15) is 82.9 Å². The van der Waals surface area contributed by atoms with Gasteiger partial charge >= 0.3 is 0 Å². The molecule has 0 spiro atoms. The average Bonchev–Trinajstić information content (AvgIpc) is 3.69. The van der Waals surface area contributed by atoms with Crippen LogP contribution in [0.25, 0.3) is 11.3 Å². The quantitative estimate of drug-likeness (QED) is 0.223. The fourth-order valence-corrected chi connectivity index (χ4v) is 6.15. The van der Waals surface area contributed by atoms with Crippen LogP contribution in [-0.4, -0.2) is 42.3 Å². The Bertz CT molecular complexity index is 1700. The minimum Gasteiger partial charge on any atom is -0.332 e. The zero-order valence-electron chi connectivity index (χ0n) is 24.6. The summed E-state index contributed by atoms with van der Waals surface area (Å²) in [7, 11) is 0. The number of aromatic nitrogens is 4. The Morgan fingerprint density at radius 1 is 1.07 bits per heavy atom. The van der Waals surface area contributed by atoms with Crippen LogP contribution in [-0.2, 0) is 24.8 Å². The fourth-order valence-electron chi connectivity index (χ4n) is 5.00. The number of hydrogen-bond donors (Lipinski definition) is 0. The maximum absolute atomic E-state index is 12.8. The summed E-state index contributed by atoms with van der Waals surface area (Å²) in [6, 6.07) is 16.4. The first-order valence-electron chi connectivity index (χ1n) is 14.0. The maximum Gasteiger partial charge on any atom is 0.272 e. The van der Waals surface area contributed by atoms with Gasteiger partial charge in [-0.05, 0) is 62.6 Å². The number of Topliss-reactive ketones (excluding diaryl/α,β-unsaturated/α-hetero) is 1. The number of thiophene rings is 1. The molecule has 8 heteroatoms. The first-order chi connectivity index (χ1) is 19.6. The highest BCUT2D eigenvalue weighted by atomic mass is 32.1. The number of rotatable bonds is 4. The number of amides is 1. The predicted octanol–water partition coefficient (Wildman–Crippen LogP) is 6.84. The van der Waals surface area contributed by atoms with Gasteiger partial charge in [-0.15, -0.1) is 11.3 Å². The number of aryl methyl sites for hydroxylation is 2. The molecule has 41 heavy (non-hydrogen) atoms. The van der Waals surface area contributed by atoms with Crippen molar-refractivity contribution in [3.8, 4) is 5.69 Å². The highest BCUT2D eigenvalue weighted by Gasteiger charge is 2.27. The summed E-state index contributed by atoms with van der Waals surface area (Å²) in [6.07, 6.45) is 5.21. The Labute approximate surface area is 245 Å². The van der Waals surface area contributed by atoms with Gasteiger partial charge in [0.2, 0.25) is 0 Å². The lowest BCUT2D eigenvalue weighted by Gasteiger charge is -2.27. The summed E-state index contributed by atoms with van der Waals surface area (Å²) in [5.74, 6) is 0.0798. The molecule has 0 atom stereocenters. The Hall–Kier alpha value is -4.04. The van der Waals surface area contributed by atoms with Gasteiger partial charge in [-0.1, -0.05) is 51.5 Å². The molecular formula is C33H37N5O2S. The first kappa shape index (κ1) is 28.5. The molecule has 0 N–H and O–H groups in total. The maximum atomic E-state index is 12.8. The SMILES string of the molecule is CC(=O)c1csc2c1CCN(C(=O)c1cnc3ccccn13)C2.CCc1cc(C(C)(C)C)nn1-c1ccc(C)cc1. The molecule has 0 saturated carbocycles. The van der Waals surface area contributed by atoms with E-state index >= 15 is 0 Å². The molecule has 6 rings (SSSR count). The predicted molar refractivity (Wildman–Crippen MR) is 164 cm³/mol. The van der Waals surface area contributed by atoms with Gasteiger partial charge in [0.25, 0.3) is 5.91 Å². The minimum atomic E-state index is -0.0212. The number of ketones is 1. The third-order valence-corrected chi connectivity index (χ3v) is 8.46. The number of benzene rings is 1. The highest BCUT2D eigenvalue weighted by molar-refractivity contribution is 7.10. The fraction of sp³-hybridized carbons (Fsp3) is 0.333. The molecule has 5 aromatic rings. The van der Waals surface area contributed by atoms with Crippen LogP contribution >= 0.6 is 11.3 Å². The van der Waals surface area contributed by atoms with Crippen molar-refractivity contribution >= 4 is 28.7 Å². The second-order valence-corrected chi connectivity index (χ2v) is 12.5. The molecule has 1 aromatic carbocycles. The van der Waals surface area contributed by atoms with Gasteiger partial charge in [0.15, 0.2) is 5.78 Å². The van der Waals surface area contributed by atoms with Crippen LogP contribution in [0.3, 0.4) is 0 Å². The molecule has 0 fully saturated rings. The van der Waals surface area contributed by atoms with Crippen LogP contribution in [0.4, 0.5) is 0 Å². The highest BCUT2D eigenvalue weighted by Crippen LogP contribution is 2.30. The summed E-state index contributed by atoms with van der Waals surface area (Å²) in [6.45, 7) is 13.7. The van der Waals surface area contributed by atoms with Crippen LogP contribution < -0.4 is 0 Å². The van der Waals surface area contributed by atoms with E-state index in [0.717, 1.165) is 45.9 Å². The minimum absolute atomic E-state index is 0.0212. The lowest BCUT2D eigenvalue weighted by molar-refractivity contribution is 0.0730. The van der Waals surface area contributed by atoms with E-state index in [4.69, 9.17) is 5.10 Å². The molecule has 7 nitrogen and oxygen atoms in total. The number of hydrogen-bond acceptors (Lipinski definition) is 5. The van der Waals surface area contributed by atoms with Crippen LogP contribution in [0.15, 0.2) is 66.3 Å². The molecule has 212 valence electrons. The van der Waals surface area contributed by atoms with Crippen molar-refractivity contribution in [1.29, 1.82) is 0 Å². The second-order valence-electron chi connectivity index (χ2n) is 11.5. The van der Waals surface area contributed by atoms with Gasteiger partial charge in [-0.2, -0.15) is 5.10 Å². The van der Waals surface area contributed by atoms with Crippen LogP contribution in [0.2, 0.25) is 0 Å². The Kier molecular flexibility index (Phi) is 7.95. The molecular weight excluding hydrogens is 530 g/mol. The molecule has 0 saturated heterocycles. The summed E-state index contributed by atoms with van der Waals surface area (Å²) >= 11 is 1.57. The summed E-state index contributed by atoms with van der Waals surface area (Å²) in [5.41, 5.74) is 8.21. The van der Waals surface area contributed by atoms with Crippen LogP contribution in [0.5, 0.6) is 0 Å². The van der Waals surface area contributed by atoms with Gasteiger partial charge < -0.3 is 4.90 Å². The Morgan fingerprint density at radius 3 is 2.51 bits per heavy atom. The van der Waals surface area contributed by atoms with Gasteiger partial charge in [0, 0.05) is 39.7 Å². The summed E-state index contributed by atoms with van der Waals surface area (Å²) < 4.78 is 3.88. The smallest absolute Gasteiger partial charge is 0.272 e. The Morgan fingerprint density at radius 2 is 1.83 bits per heavy atom. The summed E-state index contributed by atoms with van der Waals surface area (Å²) in [5, 5.41) is 6.68. The number of fused-ring (bicyclic) bond motifs is 2. The van der Waals surface area contributed by atoms with E-state index in [1.165, 1.54) is 11.3 Å². The monoisotopic (exact) mass is 567 g/mol. The number of carbonyl (C=O) groups is 2. The number of nitrogens with zero attached hydrogens (tertiary/aromatic N) is 5. The average molecular weight is 568 g/mol. The van der Waals surface area contributed by atoms with E-state index in [2.05, 4.69) is 74.6 Å². The zero-order chi connectivity index (χ0) is 29.3. The largest absolute Gasteiger partial charge is 0.332 e. The van der Waals surface area contributed by atoms with Crippen molar-refractivity contribution in [3.05, 3.63) is 105 Å². The lowest BCUT2D eigenvalue weighted by atomic mass is 9.92. The third-order valence-electron chi connectivity index (χ3n) is 7.44. The van der Waals surface area contributed by atoms with E-state index in [0.29, 0.717) is 18.8 Å². The van der Waals surface area contributed by atoms with Crippen molar-refractivity contribution < 1.29 is 9.59 Å². The number of imidazole rings is 1. The van der Waals surface area contributed by atoms with Gasteiger partial charge in [0.1, 0.15) is 11.3 Å². The van der Waals surface area contributed by atoms with E-state index < -0.39 is 0 Å².